The van der Waals surface area contributed by atoms with Gasteiger partial charge in [0.25, 0.3) is 0 Å². The molecule has 1 amide bonds. The van der Waals surface area contributed by atoms with Crippen LogP contribution in [0.15, 0.2) is 34.9 Å². The number of hydrogen-bond acceptors (Lipinski definition) is 6. The highest BCUT2D eigenvalue weighted by molar-refractivity contribution is 5.91. The van der Waals surface area contributed by atoms with Crippen LogP contribution in [-0.2, 0) is 20.9 Å². The lowest BCUT2D eigenvalue weighted by Gasteiger charge is -2.20. The van der Waals surface area contributed by atoms with Crippen molar-refractivity contribution in [3.05, 3.63) is 47.2 Å². The van der Waals surface area contributed by atoms with Crippen molar-refractivity contribution < 1.29 is 18.8 Å². The molecule has 0 saturated heterocycles. The number of carbonyl (C=O) groups excluding carboxylic acids is 2. The number of aromatic nitrogens is 1. The lowest BCUT2D eigenvalue weighted by atomic mass is 10.1. The zero-order chi connectivity index (χ0) is 18.2. The van der Waals surface area contributed by atoms with Crippen molar-refractivity contribution in [2.24, 2.45) is 0 Å². The smallest absolute Gasteiger partial charge is 0.320 e. The first-order valence-electron chi connectivity index (χ1n) is 8.13. The van der Waals surface area contributed by atoms with Crippen LogP contribution in [0.25, 0.3) is 0 Å². The van der Waals surface area contributed by atoms with E-state index in [1.807, 2.05) is 31.2 Å². The Labute approximate surface area is 146 Å². The lowest BCUT2D eigenvalue weighted by molar-refractivity contribution is -0.144. The van der Waals surface area contributed by atoms with Gasteiger partial charge < -0.3 is 9.26 Å². The van der Waals surface area contributed by atoms with Gasteiger partial charge in [-0.05, 0) is 26.3 Å². The minimum Gasteiger partial charge on any atom is -0.465 e. The minimum atomic E-state index is -0.363. The van der Waals surface area contributed by atoms with Crippen LogP contribution in [0.5, 0.6) is 0 Å². The van der Waals surface area contributed by atoms with Crippen molar-refractivity contribution in [3.8, 4) is 0 Å². The number of aryl methyl sites for hydroxylation is 2. The third kappa shape index (κ3) is 6.39. The topological polar surface area (TPSA) is 84.7 Å². The molecule has 134 valence electrons. The number of nitrogens with zero attached hydrogens (tertiary/aromatic N) is 2. The van der Waals surface area contributed by atoms with Crippen molar-refractivity contribution in [1.82, 2.24) is 10.1 Å². The predicted molar refractivity (Wildman–Crippen MR) is 93.0 cm³/mol. The van der Waals surface area contributed by atoms with Gasteiger partial charge in [0.05, 0.1) is 25.4 Å². The fourth-order valence-electron chi connectivity index (χ4n) is 2.31. The molecule has 25 heavy (non-hydrogen) atoms. The molecule has 1 heterocycles. The third-order valence-corrected chi connectivity index (χ3v) is 3.44. The Hall–Kier alpha value is -2.67. The fourth-order valence-corrected chi connectivity index (χ4v) is 2.31. The van der Waals surface area contributed by atoms with Crippen LogP contribution in [0.2, 0.25) is 0 Å². The van der Waals surface area contributed by atoms with Crippen molar-refractivity contribution in [3.63, 3.8) is 0 Å². The van der Waals surface area contributed by atoms with E-state index in [1.165, 1.54) is 0 Å². The van der Waals surface area contributed by atoms with Crippen LogP contribution >= 0.6 is 0 Å². The molecule has 0 spiro atoms. The number of nitrogens with one attached hydrogen (secondary N) is 1. The van der Waals surface area contributed by atoms with E-state index in [0.29, 0.717) is 18.8 Å². The second-order valence-electron chi connectivity index (χ2n) is 5.82. The molecule has 1 aromatic carbocycles. The highest BCUT2D eigenvalue weighted by Gasteiger charge is 2.17. The molecule has 0 bridgehead atoms. The molecule has 0 radical (unpaired) electrons. The summed E-state index contributed by atoms with van der Waals surface area (Å²) in [5, 5.41) is 6.35. The fraction of sp³-hybridized carbons (Fsp3) is 0.389. The summed E-state index contributed by atoms with van der Waals surface area (Å²) in [6.07, 6.45) is 0. The number of rotatable bonds is 8. The summed E-state index contributed by atoms with van der Waals surface area (Å²) in [5.41, 5.74) is 2.84. The zero-order valence-electron chi connectivity index (χ0n) is 14.7. The van der Waals surface area contributed by atoms with E-state index in [9.17, 15) is 9.59 Å². The van der Waals surface area contributed by atoms with Gasteiger partial charge >= 0.3 is 5.97 Å². The van der Waals surface area contributed by atoms with Crippen LogP contribution in [0.1, 0.15) is 23.7 Å². The molecule has 0 aliphatic carbocycles. The van der Waals surface area contributed by atoms with Gasteiger partial charge in [0.1, 0.15) is 0 Å². The summed E-state index contributed by atoms with van der Waals surface area (Å²) >= 11 is 0. The highest BCUT2D eigenvalue weighted by Crippen LogP contribution is 2.10. The first-order chi connectivity index (χ1) is 12.0. The Morgan fingerprint density at radius 2 is 1.92 bits per heavy atom. The Morgan fingerprint density at radius 1 is 1.20 bits per heavy atom. The molecule has 0 aliphatic rings. The Morgan fingerprint density at radius 3 is 2.52 bits per heavy atom. The molecule has 0 aliphatic heterocycles. The average molecular weight is 345 g/mol. The second-order valence-corrected chi connectivity index (χ2v) is 5.82. The van der Waals surface area contributed by atoms with E-state index < -0.39 is 0 Å². The number of esters is 1. The highest BCUT2D eigenvalue weighted by atomic mass is 16.5. The summed E-state index contributed by atoms with van der Waals surface area (Å²) in [5.74, 6) is -0.362. The first-order valence-corrected chi connectivity index (χ1v) is 8.13. The van der Waals surface area contributed by atoms with Gasteiger partial charge in [-0.3, -0.25) is 19.8 Å². The van der Waals surface area contributed by atoms with E-state index in [2.05, 4.69) is 10.5 Å². The quantitative estimate of drug-likeness (QED) is 0.739. The maximum absolute atomic E-state index is 12.2. The molecule has 2 aromatic rings. The number of amides is 1. The van der Waals surface area contributed by atoms with Crippen molar-refractivity contribution in [2.45, 2.75) is 27.3 Å². The monoisotopic (exact) mass is 345 g/mol. The molecule has 7 nitrogen and oxygen atoms in total. The Balaban J connectivity index is 2.00. The molecule has 0 saturated carbocycles. The van der Waals surface area contributed by atoms with Gasteiger partial charge in [0.15, 0.2) is 0 Å². The van der Waals surface area contributed by atoms with Crippen molar-refractivity contribution in [1.29, 1.82) is 0 Å². The average Bonchev–Trinajstić information content (AvgIpc) is 2.94. The number of benzene rings is 1. The lowest BCUT2D eigenvalue weighted by Crippen LogP contribution is -2.37. The summed E-state index contributed by atoms with van der Waals surface area (Å²) in [6.45, 7) is 6.36. The number of ether oxygens (including phenoxy) is 1. The van der Waals surface area contributed by atoms with Gasteiger partial charge in [-0.25, -0.2) is 0 Å². The largest absolute Gasteiger partial charge is 0.465 e. The Kier molecular flexibility index (Phi) is 6.71. The molecule has 1 aromatic heterocycles. The third-order valence-electron chi connectivity index (χ3n) is 3.44. The SMILES string of the molecule is CCOC(=O)CN(CC(=O)Nc1cc(C)no1)Cc1ccc(C)cc1. The summed E-state index contributed by atoms with van der Waals surface area (Å²) in [6, 6.07) is 9.58. The van der Waals surface area contributed by atoms with Gasteiger partial charge in [0.2, 0.25) is 11.8 Å². The van der Waals surface area contributed by atoms with Crippen molar-refractivity contribution >= 4 is 17.8 Å². The normalized spacial score (nSPS) is 10.7. The standard InChI is InChI=1S/C18H23N3O4/c1-4-24-18(23)12-21(10-15-7-5-13(2)6-8-15)11-16(22)19-17-9-14(3)20-25-17/h5-9H,4,10-12H2,1-3H3,(H,19,22). The van der Waals surface area contributed by atoms with Crippen LogP contribution in [0.3, 0.4) is 0 Å². The molecule has 7 heteroatoms. The number of hydrogen-bond donors (Lipinski definition) is 1. The maximum atomic E-state index is 12.2. The van der Waals surface area contributed by atoms with E-state index in [1.54, 1.807) is 24.8 Å². The molecule has 0 unspecified atom stereocenters. The van der Waals surface area contributed by atoms with E-state index in [0.717, 1.165) is 11.1 Å². The van der Waals surface area contributed by atoms with Gasteiger partial charge in [-0.2, -0.15) is 0 Å². The molecular weight excluding hydrogens is 322 g/mol. The molecule has 0 atom stereocenters. The minimum absolute atomic E-state index is 0.0323. The second kappa shape index (κ2) is 8.98. The van der Waals surface area contributed by atoms with E-state index in [-0.39, 0.29) is 30.9 Å². The molecule has 1 N–H and O–H groups in total. The van der Waals surface area contributed by atoms with Gasteiger partial charge in [-0.1, -0.05) is 35.0 Å². The zero-order valence-corrected chi connectivity index (χ0v) is 14.7. The van der Waals surface area contributed by atoms with Crippen LogP contribution < -0.4 is 5.32 Å². The molecule has 2 rings (SSSR count). The predicted octanol–water partition coefficient (Wildman–Crippen LogP) is 2.30. The van der Waals surface area contributed by atoms with Gasteiger partial charge in [-0.15, -0.1) is 0 Å². The molecular formula is C18H23N3O4. The summed E-state index contributed by atoms with van der Waals surface area (Å²) < 4.78 is 9.97. The van der Waals surface area contributed by atoms with Gasteiger partial charge in [0, 0.05) is 12.6 Å². The maximum Gasteiger partial charge on any atom is 0.320 e. The number of carbonyl (C=O) groups is 2. The first kappa shape index (κ1) is 18.7. The molecule has 0 fully saturated rings. The number of anilines is 1. The van der Waals surface area contributed by atoms with E-state index >= 15 is 0 Å². The summed E-state index contributed by atoms with van der Waals surface area (Å²) in [4.78, 5) is 25.8. The van der Waals surface area contributed by atoms with Crippen LogP contribution in [-0.4, -0.2) is 41.6 Å². The Bertz CT molecular complexity index is 709. The van der Waals surface area contributed by atoms with Crippen LogP contribution in [0, 0.1) is 13.8 Å². The van der Waals surface area contributed by atoms with E-state index in [4.69, 9.17) is 9.26 Å². The van der Waals surface area contributed by atoms with Crippen LogP contribution in [0.4, 0.5) is 5.88 Å². The van der Waals surface area contributed by atoms with Crippen molar-refractivity contribution in [2.75, 3.05) is 25.0 Å². The summed E-state index contributed by atoms with van der Waals surface area (Å²) in [7, 11) is 0.